The molecule has 0 saturated heterocycles. The zero-order chi connectivity index (χ0) is 11.3. The van der Waals surface area contributed by atoms with Gasteiger partial charge in [0.25, 0.3) is 0 Å². The van der Waals surface area contributed by atoms with Crippen LogP contribution in [-0.2, 0) is 16.2 Å². The van der Waals surface area contributed by atoms with Gasteiger partial charge in [-0.15, -0.1) is 11.3 Å². The van der Waals surface area contributed by atoms with Crippen LogP contribution in [0.5, 0.6) is 0 Å². The van der Waals surface area contributed by atoms with Gasteiger partial charge in [0.15, 0.2) is 0 Å². The van der Waals surface area contributed by atoms with Crippen molar-refractivity contribution in [3.05, 3.63) is 21.9 Å². The number of carboxylic acids is 1. The van der Waals surface area contributed by atoms with Crippen LogP contribution in [0.1, 0.15) is 15.2 Å². The van der Waals surface area contributed by atoms with Gasteiger partial charge in [0, 0.05) is 10.3 Å². The normalized spacial score (nSPS) is 10.1. The van der Waals surface area contributed by atoms with Crippen LogP contribution >= 0.6 is 11.3 Å². The van der Waals surface area contributed by atoms with Gasteiger partial charge in [0.1, 0.15) is 6.61 Å². The van der Waals surface area contributed by atoms with Crippen molar-refractivity contribution in [3.63, 3.8) is 0 Å². The molecule has 0 saturated carbocycles. The van der Waals surface area contributed by atoms with Crippen molar-refractivity contribution in [2.45, 2.75) is 6.54 Å². The number of amides is 1. The Morgan fingerprint density at radius 2 is 2.33 bits per heavy atom. The second-order valence-corrected chi connectivity index (χ2v) is 3.68. The van der Waals surface area contributed by atoms with Crippen LogP contribution in [-0.4, -0.2) is 23.6 Å². The van der Waals surface area contributed by atoms with E-state index in [1.807, 2.05) is 0 Å². The number of carboxylic acid groups (broad SMARTS) is 1. The third-order valence-corrected chi connectivity index (χ3v) is 2.40. The highest BCUT2D eigenvalue weighted by molar-refractivity contribution is 7.10. The minimum atomic E-state index is -0.962. The highest BCUT2D eigenvalue weighted by atomic mass is 32.1. The molecule has 0 aromatic carbocycles. The number of primary amides is 1. The van der Waals surface area contributed by atoms with Crippen LogP contribution in [0, 0.1) is 0 Å². The van der Waals surface area contributed by atoms with Crippen LogP contribution in [0.15, 0.2) is 11.4 Å². The summed E-state index contributed by atoms with van der Waals surface area (Å²) >= 11 is 1.30. The fourth-order valence-electron chi connectivity index (χ4n) is 0.830. The molecule has 82 valence electrons. The molecule has 1 aromatic rings. The molecule has 0 unspecified atom stereocenters. The van der Waals surface area contributed by atoms with Crippen molar-refractivity contribution in [1.29, 1.82) is 0 Å². The molecule has 0 bridgehead atoms. The summed E-state index contributed by atoms with van der Waals surface area (Å²) in [6.45, 7) is 0.127. The second-order valence-electron chi connectivity index (χ2n) is 2.68. The van der Waals surface area contributed by atoms with Gasteiger partial charge in [-0.2, -0.15) is 5.48 Å². The van der Waals surface area contributed by atoms with Crippen LogP contribution in [0.25, 0.3) is 0 Å². The third kappa shape index (κ3) is 4.07. The number of nitrogens with two attached hydrogens (primary N) is 1. The molecule has 1 amide bonds. The lowest BCUT2D eigenvalue weighted by molar-refractivity contribution is -0.125. The van der Waals surface area contributed by atoms with Gasteiger partial charge < -0.3 is 10.8 Å². The second kappa shape index (κ2) is 5.44. The fourth-order valence-corrected chi connectivity index (χ4v) is 1.61. The quantitative estimate of drug-likeness (QED) is 0.470. The molecular weight excluding hydrogens is 220 g/mol. The largest absolute Gasteiger partial charge is 0.478 e. The van der Waals surface area contributed by atoms with E-state index < -0.39 is 11.9 Å². The van der Waals surface area contributed by atoms with E-state index in [0.29, 0.717) is 6.54 Å². The molecule has 0 aliphatic rings. The Balaban J connectivity index is 2.31. The van der Waals surface area contributed by atoms with Crippen LogP contribution in [0.2, 0.25) is 0 Å². The summed E-state index contributed by atoms with van der Waals surface area (Å²) in [6.07, 6.45) is 0. The average Bonchev–Trinajstić information content (AvgIpc) is 2.60. The molecule has 15 heavy (non-hydrogen) atoms. The Labute approximate surface area is 89.6 Å². The lowest BCUT2D eigenvalue weighted by atomic mass is 10.3. The molecule has 0 fully saturated rings. The summed E-state index contributed by atoms with van der Waals surface area (Å²) in [4.78, 5) is 26.3. The van der Waals surface area contributed by atoms with Crippen LogP contribution in [0.3, 0.4) is 0 Å². The van der Waals surface area contributed by atoms with Gasteiger partial charge in [-0.3, -0.25) is 9.63 Å². The number of hydrogen-bond donors (Lipinski definition) is 3. The van der Waals surface area contributed by atoms with E-state index in [1.165, 1.54) is 22.8 Å². The minimum Gasteiger partial charge on any atom is -0.478 e. The van der Waals surface area contributed by atoms with Crippen LogP contribution < -0.4 is 11.2 Å². The van der Waals surface area contributed by atoms with Gasteiger partial charge in [-0.1, -0.05) is 0 Å². The van der Waals surface area contributed by atoms with Crippen molar-refractivity contribution >= 4 is 23.2 Å². The number of aromatic carboxylic acids is 1. The molecule has 6 nitrogen and oxygen atoms in total. The van der Waals surface area contributed by atoms with Gasteiger partial charge >= 0.3 is 5.97 Å². The maximum Gasteiger partial charge on any atom is 0.336 e. The predicted octanol–water partition coefficient (Wildman–Crippen LogP) is -0.0472. The van der Waals surface area contributed by atoms with E-state index in [0.717, 1.165) is 4.88 Å². The molecule has 0 spiro atoms. The van der Waals surface area contributed by atoms with Crippen LogP contribution in [0.4, 0.5) is 0 Å². The van der Waals surface area contributed by atoms with Gasteiger partial charge in [0.05, 0.1) is 12.1 Å². The SMILES string of the molecule is NC(=O)CONCc1cc(C(=O)O)cs1. The lowest BCUT2D eigenvalue weighted by Crippen LogP contribution is -2.24. The third-order valence-electron chi connectivity index (χ3n) is 1.46. The molecule has 0 aliphatic heterocycles. The highest BCUT2D eigenvalue weighted by Crippen LogP contribution is 2.14. The fraction of sp³-hybridized carbons (Fsp3) is 0.250. The Kier molecular flexibility index (Phi) is 4.22. The topological polar surface area (TPSA) is 102 Å². The first kappa shape index (κ1) is 11.6. The lowest BCUT2D eigenvalue weighted by Gasteiger charge is -2.00. The molecule has 0 atom stereocenters. The monoisotopic (exact) mass is 230 g/mol. The minimum absolute atomic E-state index is 0.211. The summed E-state index contributed by atoms with van der Waals surface area (Å²) in [7, 11) is 0. The van der Waals surface area contributed by atoms with Crippen molar-refractivity contribution in [3.8, 4) is 0 Å². The molecule has 1 rings (SSSR count). The van der Waals surface area contributed by atoms with E-state index in [2.05, 4.69) is 5.48 Å². The highest BCUT2D eigenvalue weighted by Gasteiger charge is 2.05. The number of hydrogen-bond acceptors (Lipinski definition) is 5. The van der Waals surface area contributed by atoms with Gasteiger partial charge in [-0.25, -0.2) is 4.79 Å². The van der Waals surface area contributed by atoms with Crippen molar-refractivity contribution in [1.82, 2.24) is 5.48 Å². The number of thiophene rings is 1. The summed E-state index contributed by atoms with van der Waals surface area (Å²) in [6, 6.07) is 1.54. The van der Waals surface area contributed by atoms with E-state index in [4.69, 9.17) is 15.7 Å². The first-order chi connectivity index (χ1) is 7.09. The number of carbonyl (C=O) groups excluding carboxylic acids is 1. The van der Waals surface area contributed by atoms with Gasteiger partial charge in [-0.05, 0) is 6.07 Å². The van der Waals surface area contributed by atoms with Crippen molar-refractivity contribution in [2.24, 2.45) is 5.73 Å². The number of carbonyl (C=O) groups is 2. The zero-order valence-corrected chi connectivity index (χ0v) is 8.54. The number of rotatable bonds is 6. The van der Waals surface area contributed by atoms with E-state index in [9.17, 15) is 9.59 Å². The first-order valence-corrected chi connectivity index (χ1v) is 4.91. The Hall–Kier alpha value is -1.44. The summed E-state index contributed by atoms with van der Waals surface area (Å²) < 4.78 is 0. The predicted molar refractivity (Wildman–Crippen MR) is 53.3 cm³/mol. The molecule has 4 N–H and O–H groups in total. The molecule has 1 heterocycles. The average molecular weight is 230 g/mol. The smallest absolute Gasteiger partial charge is 0.336 e. The Morgan fingerprint density at radius 3 is 2.87 bits per heavy atom. The summed E-state index contributed by atoms with van der Waals surface area (Å²) in [5.74, 6) is -1.53. The molecule has 7 heteroatoms. The standard InChI is InChI=1S/C8H10N2O4S/c9-7(11)3-14-10-2-6-1-5(4-15-6)8(12)13/h1,4,10H,2-3H2,(H2,9,11)(H,12,13). The summed E-state index contributed by atoms with van der Waals surface area (Å²) in [5.41, 5.74) is 7.58. The molecule has 1 aromatic heterocycles. The Morgan fingerprint density at radius 1 is 1.60 bits per heavy atom. The zero-order valence-electron chi connectivity index (χ0n) is 7.73. The molecule has 0 radical (unpaired) electrons. The van der Waals surface area contributed by atoms with E-state index in [-0.39, 0.29) is 12.2 Å². The number of nitrogens with one attached hydrogen (secondary N) is 1. The van der Waals surface area contributed by atoms with Crippen molar-refractivity contribution in [2.75, 3.05) is 6.61 Å². The van der Waals surface area contributed by atoms with Gasteiger partial charge in [0.2, 0.25) is 5.91 Å². The summed E-state index contributed by atoms with van der Waals surface area (Å²) in [5, 5.41) is 10.2. The number of hydroxylamine groups is 1. The molecular formula is C8H10N2O4S. The maximum absolute atomic E-state index is 10.5. The van der Waals surface area contributed by atoms with Crippen molar-refractivity contribution < 1.29 is 19.5 Å². The molecule has 0 aliphatic carbocycles. The maximum atomic E-state index is 10.5. The Bertz CT molecular complexity index is 363. The van der Waals surface area contributed by atoms with E-state index >= 15 is 0 Å². The van der Waals surface area contributed by atoms with E-state index in [1.54, 1.807) is 0 Å². The first-order valence-electron chi connectivity index (χ1n) is 4.03.